The Balaban J connectivity index is 2.15. The molecule has 5 heteroatoms. The van der Waals surface area contributed by atoms with E-state index in [1.807, 2.05) is 18.5 Å². The number of rotatable bonds is 3. The molecule has 0 bridgehead atoms. The number of aromatic nitrogens is 1. The SMILES string of the molecule is Cc1ncsc1CNc1ccc(N)cc1C#N. The minimum atomic E-state index is 0.562. The molecule has 0 spiro atoms. The highest BCUT2D eigenvalue weighted by atomic mass is 32.1. The van der Waals surface area contributed by atoms with E-state index in [4.69, 9.17) is 11.0 Å². The zero-order valence-corrected chi connectivity index (χ0v) is 10.2. The molecule has 0 saturated carbocycles. The third kappa shape index (κ3) is 2.55. The molecule has 86 valence electrons. The molecule has 0 unspecified atom stereocenters. The number of nitrogens with one attached hydrogen (secondary N) is 1. The Morgan fingerprint density at radius 3 is 3.00 bits per heavy atom. The van der Waals surface area contributed by atoms with Crippen molar-refractivity contribution in [3.05, 3.63) is 39.8 Å². The number of thiazole rings is 1. The lowest BCUT2D eigenvalue weighted by atomic mass is 10.1. The van der Waals surface area contributed by atoms with Crippen molar-refractivity contribution in [2.75, 3.05) is 11.1 Å². The number of nitrogens with zero attached hydrogens (tertiary/aromatic N) is 2. The molecule has 2 aromatic rings. The van der Waals surface area contributed by atoms with Gasteiger partial charge in [0.05, 0.1) is 29.0 Å². The fourth-order valence-corrected chi connectivity index (χ4v) is 2.20. The number of benzene rings is 1. The quantitative estimate of drug-likeness (QED) is 0.813. The number of anilines is 2. The Morgan fingerprint density at radius 1 is 1.53 bits per heavy atom. The van der Waals surface area contributed by atoms with Crippen LogP contribution < -0.4 is 11.1 Å². The van der Waals surface area contributed by atoms with E-state index >= 15 is 0 Å². The Hall–Kier alpha value is -2.06. The van der Waals surface area contributed by atoms with Crippen molar-refractivity contribution in [3.8, 4) is 6.07 Å². The summed E-state index contributed by atoms with van der Waals surface area (Å²) in [5, 5.41) is 12.2. The highest BCUT2D eigenvalue weighted by Gasteiger charge is 2.04. The van der Waals surface area contributed by atoms with Crippen molar-refractivity contribution in [1.82, 2.24) is 4.98 Å². The Bertz CT molecular complexity index is 568. The zero-order valence-electron chi connectivity index (χ0n) is 9.40. The van der Waals surface area contributed by atoms with Gasteiger partial charge in [0.25, 0.3) is 0 Å². The molecule has 0 aliphatic rings. The fraction of sp³-hybridized carbons (Fsp3) is 0.167. The van der Waals surface area contributed by atoms with Crippen LogP contribution in [0.25, 0.3) is 0 Å². The van der Waals surface area contributed by atoms with Gasteiger partial charge >= 0.3 is 0 Å². The van der Waals surface area contributed by atoms with Crippen LogP contribution in [-0.4, -0.2) is 4.98 Å². The summed E-state index contributed by atoms with van der Waals surface area (Å²) in [5.41, 5.74) is 10.4. The average molecular weight is 244 g/mol. The highest BCUT2D eigenvalue weighted by molar-refractivity contribution is 7.09. The van der Waals surface area contributed by atoms with Gasteiger partial charge in [-0.1, -0.05) is 0 Å². The summed E-state index contributed by atoms with van der Waals surface area (Å²) in [4.78, 5) is 5.35. The first-order valence-corrected chi connectivity index (χ1v) is 6.01. The largest absolute Gasteiger partial charge is 0.399 e. The summed E-state index contributed by atoms with van der Waals surface area (Å²) < 4.78 is 0. The second-order valence-electron chi connectivity index (χ2n) is 3.63. The van der Waals surface area contributed by atoms with Crippen LogP contribution in [0.4, 0.5) is 11.4 Å². The van der Waals surface area contributed by atoms with E-state index in [-0.39, 0.29) is 0 Å². The standard InChI is InChI=1S/C12H12N4S/c1-8-12(17-7-16-8)6-15-11-3-2-10(14)4-9(11)5-13/h2-4,7,15H,6,14H2,1H3. The highest BCUT2D eigenvalue weighted by Crippen LogP contribution is 2.20. The van der Waals surface area contributed by atoms with Crippen molar-refractivity contribution in [3.63, 3.8) is 0 Å². The lowest BCUT2D eigenvalue weighted by molar-refractivity contribution is 1.12. The molecule has 0 aliphatic heterocycles. The van der Waals surface area contributed by atoms with Crippen LogP contribution in [0.1, 0.15) is 16.1 Å². The van der Waals surface area contributed by atoms with E-state index in [0.29, 0.717) is 17.8 Å². The molecule has 4 nitrogen and oxygen atoms in total. The first-order chi connectivity index (χ1) is 8.20. The number of nitrogens with two attached hydrogens (primary N) is 1. The topological polar surface area (TPSA) is 74.7 Å². The summed E-state index contributed by atoms with van der Waals surface area (Å²) in [6, 6.07) is 7.40. The molecule has 3 N–H and O–H groups in total. The van der Waals surface area contributed by atoms with Gasteiger partial charge in [-0.2, -0.15) is 5.26 Å². The van der Waals surface area contributed by atoms with E-state index in [9.17, 15) is 0 Å². The number of aryl methyl sites for hydroxylation is 1. The number of nitriles is 1. The van der Waals surface area contributed by atoms with Crippen LogP contribution in [0, 0.1) is 18.3 Å². The molecule has 0 amide bonds. The molecule has 1 aromatic carbocycles. The molecule has 17 heavy (non-hydrogen) atoms. The van der Waals surface area contributed by atoms with E-state index < -0.39 is 0 Å². The Kier molecular flexibility index (Phi) is 3.26. The third-order valence-electron chi connectivity index (χ3n) is 2.45. The zero-order chi connectivity index (χ0) is 12.3. The maximum atomic E-state index is 9.00. The minimum Gasteiger partial charge on any atom is -0.399 e. The van der Waals surface area contributed by atoms with Gasteiger partial charge in [0.15, 0.2) is 0 Å². The van der Waals surface area contributed by atoms with Gasteiger partial charge in [-0.05, 0) is 25.1 Å². The van der Waals surface area contributed by atoms with Gasteiger partial charge in [0.1, 0.15) is 6.07 Å². The Labute approximate surface area is 104 Å². The predicted octanol–water partition coefficient (Wildman–Crippen LogP) is 2.52. The van der Waals surface area contributed by atoms with Crippen molar-refractivity contribution in [1.29, 1.82) is 5.26 Å². The number of hydrogen-bond acceptors (Lipinski definition) is 5. The summed E-state index contributed by atoms with van der Waals surface area (Å²) >= 11 is 1.60. The third-order valence-corrected chi connectivity index (χ3v) is 3.38. The molecule has 0 fully saturated rings. The van der Waals surface area contributed by atoms with Crippen LogP contribution in [-0.2, 0) is 6.54 Å². The molecule has 0 atom stereocenters. The van der Waals surface area contributed by atoms with E-state index in [1.165, 1.54) is 4.88 Å². The molecule has 1 heterocycles. The molecule has 0 radical (unpaired) electrons. The smallest absolute Gasteiger partial charge is 0.101 e. The normalized spacial score (nSPS) is 9.88. The lowest BCUT2D eigenvalue weighted by Gasteiger charge is -2.07. The molecular weight excluding hydrogens is 232 g/mol. The summed E-state index contributed by atoms with van der Waals surface area (Å²) in [6.07, 6.45) is 0. The number of nitrogen functional groups attached to an aromatic ring is 1. The Morgan fingerprint density at radius 2 is 2.35 bits per heavy atom. The van der Waals surface area contributed by atoms with Crippen molar-refractivity contribution >= 4 is 22.7 Å². The fourth-order valence-electron chi connectivity index (χ4n) is 1.48. The summed E-state index contributed by atoms with van der Waals surface area (Å²) in [6.45, 7) is 2.65. The van der Waals surface area contributed by atoms with E-state index in [0.717, 1.165) is 11.4 Å². The predicted molar refractivity (Wildman–Crippen MR) is 69.7 cm³/mol. The first-order valence-electron chi connectivity index (χ1n) is 5.13. The van der Waals surface area contributed by atoms with Gasteiger partial charge in [-0.15, -0.1) is 11.3 Å². The summed E-state index contributed by atoms with van der Waals surface area (Å²) in [5.74, 6) is 0. The molecule has 2 rings (SSSR count). The first kappa shape index (κ1) is 11.4. The van der Waals surface area contributed by atoms with E-state index in [2.05, 4.69) is 16.4 Å². The van der Waals surface area contributed by atoms with Gasteiger partial charge < -0.3 is 11.1 Å². The van der Waals surface area contributed by atoms with Crippen LogP contribution >= 0.6 is 11.3 Å². The average Bonchev–Trinajstić information content (AvgIpc) is 2.73. The molecule has 0 aliphatic carbocycles. The van der Waals surface area contributed by atoms with Gasteiger partial charge in [0, 0.05) is 10.6 Å². The molecular formula is C12H12N4S. The summed E-state index contributed by atoms with van der Waals surface area (Å²) in [7, 11) is 0. The monoisotopic (exact) mass is 244 g/mol. The molecule has 1 aromatic heterocycles. The van der Waals surface area contributed by atoms with Gasteiger partial charge in [-0.3, -0.25) is 0 Å². The van der Waals surface area contributed by atoms with Crippen molar-refractivity contribution in [2.24, 2.45) is 0 Å². The second kappa shape index (κ2) is 4.85. The lowest BCUT2D eigenvalue weighted by Crippen LogP contribution is -2.01. The van der Waals surface area contributed by atoms with Crippen LogP contribution in [0.2, 0.25) is 0 Å². The van der Waals surface area contributed by atoms with Crippen molar-refractivity contribution < 1.29 is 0 Å². The van der Waals surface area contributed by atoms with Gasteiger partial charge in [-0.25, -0.2) is 4.98 Å². The second-order valence-corrected chi connectivity index (χ2v) is 4.57. The van der Waals surface area contributed by atoms with Crippen LogP contribution in [0.3, 0.4) is 0 Å². The van der Waals surface area contributed by atoms with Crippen molar-refractivity contribution in [2.45, 2.75) is 13.5 Å². The molecule has 0 saturated heterocycles. The van der Waals surface area contributed by atoms with E-state index in [1.54, 1.807) is 23.5 Å². The minimum absolute atomic E-state index is 0.562. The maximum absolute atomic E-state index is 9.00. The number of hydrogen-bond donors (Lipinski definition) is 2. The maximum Gasteiger partial charge on any atom is 0.101 e. The van der Waals surface area contributed by atoms with Gasteiger partial charge in [0.2, 0.25) is 0 Å². The van der Waals surface area contributed by atoms with Crippen LogP contribution in [0.5, 0.6) is 0 Å². The van der Waals surface area contributed by atoms with Crippen LogP contribution in [0.15, 0.2) is 23.7 Å².